The Bertz CT molecular complexity index is 1370. The minimum absolute atomic E-state index is 0.109. The summed E-state index contributed by atoms with van der Waals surface area (Å²) in [5, 5.41) is 25.9. The molecule has 0 unspecified atom stereocenters. The number of aromatic hydroxyl groups is 1. The fourth-order valence-corrected chi connectivity index (χ4v) is 3.37. The first-order valence-corrected chi connectivity index (χ1v) is 9.80. The topological polar surface area (TPSA) is 145 Å². The highest BCUT2D eigenvalue weighted by atomic mass is 16.5. The quantitative estimate of drug-likeness (QED) is 0.265. The fraction of sp³-hybridized carbons (Fsp3) is 0.182. The molecule has 10 heteroatoms. The number of phenols is 1. The Labute approximate surface area is 181 Å². The van der Waals surface area contributed by atoms with E-state index in [-0.39, 0.29) is 35.7 Å². The number of amides is 1. The van der Waals surface area contributed by atoms with Crippen LogP contribution in [0.25, 0.3) is 10.9 Å². The molecule has 4 aromatic rings. The third kappa shape index (κ3) is 4.03. The minimum Gasteiger partial charge on any atom is -0.508 e. The van der Waals surface area contributed by atoms with Crippen molar-refractivity contribution >= 4 is 39.7 Å². The summed E-state index contributed by atoms with van der Waals surface area (Å²) in [5.41, 5.74) is 1.07. The maximum absolute atomic E-state index is 12.2. The Morgan fingerprint density at radius 2 is 1.94 bits per heavy atom. The van der Waals surface area contributed by atoms with E-state index in [0.717, 1.165) is 5.56 Å². The van der Waals surface area contributed by atoms with Crippen LogP contribution in [-0.4, -0.2) is 34.9 Å². The van der Waals surface area contributed by atoms with Gasteiger partial charge in [0.25, 0.3) is 16.8 Å². The van der Waals surface area contributed by atoms with E-state index in [2.05, 4.69) is 26.1 Å². The summed E-state index contributed by atoms with van der Waals surface area (Å²) in [6, 6.07) is 11.5. The predicted molar refractivity (Wildman–Crippen MR) is 121 cm³/mol. The number of carbonyl (C=O) groups is 1. The van der Waals surface area contributed by atoms with Gasteiger partial charge >= 0.3 is 0 Å². The number of hydrogen-bond acceptors (Lipinski definition) is 8. The second kappa shape index (κ2) is 8.52. The van der Waals surface area contributed by atoms with Crippen LogP contribution in [0.4, 0.5) is 22.9 Å². The van der Waals surface area contributed by atoms with Gasteiger partial charge in [0, 0.05) is 24.2 Å². The second-order valence-corrected chi connectivity index (χ2v) is 7.31. The summed E-state index contributed by atoms with van der Waals surface area (Å²) < 4.78 is 4.81. The lowest BCUT2D eigenvalue weighted by molar-refractivity contribution is -0.119. The van der Waals surface area contributed by atoms with E-state index >= 15 is 0 Å². The van der Waals surface area contributed by atoms with Gasteiger partial charge in [0.05, 0.1) is 5.52 Å². The summed E-state index contributed by atoms with van der Waals surface area (Å²) in [7, 11) is 1.42. The molecule has 1 heterocycles. The Morgan fingerprint density at radius 1 is 1.16 bits per heavy atom. The van der Waals surface area contributed by atoms with Gasteiger partial charge < -0.3 is 25.8 Å². The van der Waals surface area contributed by atoms with E-state index in [1.165, 1.54) is 7.11 Å². The van der Waals surface area contributed by atoms with Gasteiger partial charge in [0.1, 0.15) is 23.7 Å². The summed E-state index contributed by atoms with van der Waals surface area (Å²) in [6.07, 6.45) is 0. The summed E-state index contributed by atoms with van der Waals surface area (Å²) >= 11 is 0. The average molecular weight is 435 g/mol. The number of fused-ring (bicyclic) bond motifs is 1. The monoisotopic (exact) mass is 435 g/mol. The Morgan fingerprint density at radius 3 is 2.69 bits per heavy atom. The van der Waals surface area contributed by atoms with Gasteiger partial charge in [0.2, 0.25) is 0 Å². The maximum Gasteiger partial charge on any atom is 0.253 e. The highest BCUT2D eigenvalue weighted by Crippen LogP contribution is 2.29. The van der Waals surface area contributed by atoms with Crippen LogP contribution in [0, 0.1) is 0 Å². The number of hydrogen-bond donors (Lipinski definition) is 5. The number of methoxy groups -OCH3 is 1. The fourth-order valence-electron chi connectivity index (χ4n) is 3.37. The molecule has 0 radical (unpaired) electrons. The molecule has 1 amide bonds. The van der Waals surface area contributed by atoms with Crippen LogP contribution < -0.4 is 26.8 Å². The van der Waals surface area contributed by atoms with Gasteiger partial charge in [-0.3, -0.25) is 19.5 Å². The Balaban J connectivity index is 1.57. The number of carbonyl (C=O) groups excluding carboxylic acids is 1. The van der Waals surface area contributed by atoms with Crippen molar-refractivity contribution in [1.82, 2.24) is 10.2 Å². The van der Waals surface area contributed by atoms with Crippen LogP contribution in [0.1, 0.15) is 18.5 Å². The summed E-state index contributed by atoms with van der Waals surface area (Å²) in [5.74, 6) is 0.0852. The van der Waals surface area contributed by atoms with Crippen molar-refractivity contribution in [3.8, 4) is 5.75 Å². The van der Waals surface area contributed by atoms with Crippen molar-refractivity contribution in [2.24, 2.45) is 0 Å². The Kier molecular flexibility index (Phi) is 5.61. The zero-order valence-electron chi connectivity index (χ0n) is 17.4. The molecular formula is C22H21N5O5. The van der Waals surface area contributed by atoms with Crippen LogP contribution >= 0.6 is 0 Å². The maximum atomic E-state index is 12.2. The SMILES string of the molecule is COCC(=O)Nc1n[nH]c2ccc(Nc3c(N[C@H](C)c4cccc(O)c4)c(=O)c3=O)cc12. The number of nitrogens with zero attached hydrogens (tertiary/aromatic N) is 1. The van der Waals surface area contributed by atoms with Crippen molar-refractivity contribution in [3.05, 3.63) is 68.5 Å². The number of nitrogens with one attached hydrogen (secondary N) is 4. The molecule has 32 heavy (non-hydrogen) atoms. The largest absolute Gasteiger partial charge is 0.508 e. The van der Waals surface area contributed by atoms with Crippen molar-refractivity contribution < 1.29 is 14.6 Å². The van der Waals surface area contributed by atoms with Crippen LogP contribution in [0.5, 0.6) is 5.75 Å². The number of ether oxygens (including phenoxy) is 1. The van der Waals surface area contributed by atoms with E-state index < -0.39 is 10.9 Å². The molecule has 0 aliphatic rings. The van der Waals surface area contributed by atoms with Crippen molar-refractivity contribution in [2.75, 3.05) is 29.7 Å². The van der Waals surface area contributed by atoms with Crippen LogP contribution in [0.2, 0.25) is 0 Å². The molecule has 0 bridgehead atoms. The molecule has 3 aromatic carbocycles. The number of aromatic amines is 1. The van der Waals surface area contributed by atoms with Gasteiger partial charge in [-0.1, -0.05) is 12.1 Å². The molecule has 5 N–H and O–H groups in total. The van der Waals surface area contributed by atoms with E-state index in [4.69, 9.17) is 4.74 Å². The van der Waals surface area contributed by atoms with Gasteiger partial charge in [0.15, 0.2) is 5.82 Å². The first-order valence-electron chi connectivity index (χ1n) is 9.80. The van der Waals surface area contributed by atoms with Gasteiger partial charge in [-0.15, -0.1) is 0 Å². The third-order valence-electron chi connectivity index (χ3n) is 5.01. The number of rotatable bonds is 8. The van der Waals surface area contributed by atoms with Crippen LogP contribution in [0.15, 0.2) is 52.1 Å². The number of H-pyrrole nitrogens is 1. The molecule has 4 rings (SSSR count). The van der Waals surface area contributed by atoms with Gasteiger partial charge in [-0.05, 0) is 42.8 Å². The molecule has 164 valence electrons. The molecule has 0 aliphatic heterocycles. The van der Waals surface area contributed by atoms with Gasteiger partial charge in [-0.2, -0.15) is 5.10 Å². The smallest absolute Gasteiger partial charge is 0.253 e. The number of anilines is 4. The molecule has 1 aromatic heterocycles. The highest BCUT2D eigenvalue weighted by Gasteiger charge is 2.23. The lowest BCUT2D eigenvalue weighted by Crippen LogP contribution is -2.37. The molecule has 1 atom stereocenters. The van der Waals surface area contributed by atoms with E-state index in [1.807, 2.05) is 13.0 Å². The molecule has 10 nitrogen and oxygen atoms in total. The summed E-state index contributed by atoms with van der Waals surface area (Å²) in [4.78, 5) is 36.2. The second-order valence-electron chi connectivity index (χ2n) is 7.31. The zero-order chi connectivity index (χ0) is 22.8. The summed E-state index contributed by atoms with van der Waals surface area (Å²) in [6.45, 7) is 1.71. The standard InChI is InChI=1S/C22H21N5O5/c1-11(12-4-3-5-14(28)8-12)23-18-19(21(31)20(18)30)24-13-6-7-16-15(9-13)22(27-26-16)25-17(29)10-32-2/h3-9,11,23-24,28H,10H2,1-2H3,(H2,25,26,27,29)/t11-/m1/s1. The van der Waals surface area contributed by atoms with Crippen LogP contribution in [-0.2, 0) is 9.53 Å². The molecule has 0 spiro atoms. The first kappa shape index (κ1) is 21.1. The molecule has 0 saturated carbocycles. The highest BCUT2D eigenvalue weighted by molar-refractivity contribution is 6.01. The zero-order valence-corrected chi connectivity index (χ0v) is 17.4. The lowest BCUT2D eigenvalue weighted by Gasteiger charge is -2.20. The number of phenolic OH excluding ortho intramolecular Hbond substituents is 1. The third-order valence-corrected chi connectivity index (χ3v) is 5.01. The average Bonchev–Trinajstić information content (AvgIpc) is 3.17. The van der Waals surface area contributed by atoms with Crippen molar-refractivity contribution in [3.63, 3.8) is 0 Å². The first-order chi connectivity index (χ1) is 15.4. The van der Waals surface area contributed by atoms with Gasteiger partial charge in [-0.25, -0.2) is 0 Å². The number of benzene rings is 2. The Hall–Kier alpha value is -4.18. The molecule has 0 saturated heterocycles. The van der Waals surface area contributed by atoms with Crippen molar-refractivity contribution in [2.45, 2.75) is 13.0 Å². The lowest BCUT2D eigenvalue weighted by atomic mass is 10.1. The molecule has 0 fully saturated rings. The van der Waals surface area contributed by atoms with E-state index in [0.29, 0.717) is 22.4 Å². The normalized spacial score (nSPS) is 12.1. The number of aromatic nitrogens is 2. The predicted octanol–water partition coefficient (Wildman–Crippen LogP) is 2.37. The molecular weight excluding hydrogens is 414 g/mol. The van der Waals surface area contributed by atoms with Crippen molar-refractivity contribution in [1.29, 1.82) is 0 Å². The minimum atomic E-state index is -0.628. The molecule has 0 aliphatic carbocycles. The van der Waals surface area contributed by atoms with Crippen LogP contribution in [0.3, 0.4) is 0 Å². The van der Waals surface area contributed by atoms with E-state index in [9.17, 15) is 19.5 Å². The van der Waals surface area contributed by atoms with E-state index in [1.54, 1.807) is 36.4 Å².